The Morgan fingerprint density at radius 2 is 1.18 bits per heavy atom. The Morgan fingerprint density at radius 3 is 1.68 bits per heavy atom. The molecule has 1 aliphatic heterocycles. The number of hydrogen-bond donors (Lipinski definition) is 0. The van der Waals surface area contributed by atoms with Crippen LogP contribution in [0.5, 0.6) is 0 Å². The largest absolute Gasteiger partial charge is 0.433 e. The molecule has 1 unspecified atom stereocenters. The number of carbonyl (C=O) groups is 1. The normalized spacial score (nSPS) is 21.9. The van der Waals surface area contributed by atoms with Crippen LogP contribution < -0.4 is 0 Å². The molecule has 6 heteroatoms. The van der Waals surface area contributed by atoms with Gasteiger partial charge >= 0.3 is 5.97 Å². The molecule has 3 aromatic carbocycles. The highest BCUT2D eigenvalue weighted by molar-refractivity contribution is 5.66. The summed E-state index contributed by atoms with van der Waals surface area (Å²) in [6.07, 6.45) is -2.42. The lowest BCUT2D eigenvalue weighted by Crippen LogP contribution is -2.40. The molecule has 0 aromatic heterocycles. The quantitative estimate of drug-likeness (QED) is 0.386. The van der Waals surface area contributed by atoms with E-state index in [2.05, 4.69) is 0 Å². The third-order valence-corrected chi connectivity index (χ3v) is 5.51. The summed E-state index contributed by atoms with van der Waals surface area (Å²) in [7, 11) is 0. The van der Waals surface area contributed by atoms with Gasteiger partial charge in [0, 0.05) is 6.92 Å². The molecule has 1 saturated heterocycles. The van der Waals surface area contributed by atoms with E-state index in [0.29, 0.717) is 19.8 Å². The Labute approximate surface area is 200 Å². The highest BCUT2D eigenvalue weighted by Gasteiger charge is 2.48. The molecular weight excluding hydrogens is 432 g/mol. The fraction of sp³-hybridized carbons (Fsp3) is 0.321. The van der Waals surface area contributed by atoms with Gasteiger partial charge in [-0.15, -0.1) is 0 Å². The zero-order valence-electron chi connectivity index (χ0n) is 19.2. The Hall–Kier alpha value is -3.03. The highest BCUT2D eigenvalue weighted by Crippen LogP contribution is 2.30. The summed E-state index contributed by atoms with van der Waals surface area (Å²) >= 11 is 0. The molecule has 4 atom stereocenters. The number of rotatable bonds is 11. The Bertz CT molecular complexity index is 995. The van der Waals surface area contributed by atoms with E-state index in [1.165, 1.54) is 6.92 Å². The van der Waals surface area contributed by atoms with E-state index in [9.17, 15) is 4.79 Å². The van der Waals surface area contributed by atoms with Gasteiger partial charge in [0.1, 0.15) is 18.3 Å². The molecule has 0 N–H and O–H groups in total. The summed E-state index contributed by atoms with van der Waals surface area (Å²) in [6, 6.07) is 29.7. The molecule has 1 heterocycles. The fourth-order valence-corrected chi connectivity index (χ4v) is 3.86. The maximum atomic E-state index is 11.8. The van der Waals surface area contributed by atoms with Crippen molar-refractivity contribution in [1.82, 2.24) is 0 Å². The van der Waals surface area contributed by atoms with E-state index in [0.717, 1.165) is 16.7 Å². The van der Waals surface area contributed by atoms with Crippen molar-refractivity contribution in [1.29, 1.82) is 0 Å². The maximum absolute atomic E-state index is 11.8. The fourth-order valence-electron chi connectivity index (χ4n) is 3.86. The zero-order valence-corrected chi connectivity index (χ0v) is 19.2. The number of benzene rings is 3. The maximum Gasteiger partial charge on any atom is 0.305 e. The Balaban J connectivity index is 1.47. The second-order valence-electron chi connectivity index (χ2n) is 8.18. The number of esters is 1. The van der Waals surface area contributed by atoms with E-state index in [1.807, 2.05) is 91.0 Å². The topological polar surface area (TPSA) is 63.2 Å². The second kappa shape index (κ2) is 12.4. The SMILES string of the molecule is CC(=O)OC1O[C@H](COCc2ccccc2)[C@H](OCc2ccccc2)[C@H]1OCc1ccccc1. The third kappa shape index (κ3) is 6.98. The van der Waals surface area contributed by atoms with Crippen molar-refractivity contribution in [2.45, 2.75) is 51.3 Å². The predicted octanol–water partition coefficient (Wildman–Crippen LogP) is 4.66. The van der Waals surface area contributed by atoms with Gasteiger partial charge < -0.3 is 23.7 Å². The zero-order chi connectivity index (χ0) is 23.6. The summed E-state index contributed by atoms with van der Waals surface area (Å²) in [5.41, 5.74) is 3.11. The van der Waals surface area contributed by atoms with Crippen LogP contribution in [0, 0.1) is 0 Å². The minimum absolute atomic E-state index is 0.275. The van der Waals surface area contributed by atoms with Gasteiger partial charge in [0.05, 0.1) is 26.4 Å². The van der Waals surface area contributed by atoms with Crippen LogP contribution >= 0.6 is 0 Å². The standard InChI is InChI=1S/C28H30O6/c1-21(29)33-28-27(32-19-24-15-9-4-10-16-24)26(31-18-23-13-7-3-8-14-23)25(34-28)20-30-17-22-11-5-2-6-12-22/h2-16,25-28H,17-20H2,1H3/t25-,26+,27-,28?/m1/s1. The summed E-state index contributed by atoms with van der Waals surface area (Å²) < 4.78 is 30.0. The lowest BCUT2D eigenvalue weighted by Gasteiger charge is -2.24. The second-order valence-corrected chi connectivity index (χ2v) is 8.18. The minimum Gasteiger partial charge on any atom is -0.433 e. The molecule has 3 aromatic rings. The molecule has 6 nitrogen and oxygen atoms in total. The first-order valence-electron chi connectivity index (χ1n) is 11.4. The van der Waals surface area contributed by atoms with Gasteiger partial charge in [-0.3, -0.25) is 4.79 Å². The first-order chi connectivity index (χ1) is 16.7. The minimum atomic E-state index is -0.882. The van der Waals surface area contributed by atoms with Gasteiger partial charge in [-0.2, -0.15) is 0 Å². The lowest BCUT2D eigenvalue weighted by atomic mass is 10.1. The molecule has 0 aliphatic carbocycles. The molecule has 0 bridgehead atoms. The van der Waals surface area contributed by atoms with Gasteiger partial charge in [0.25, 0.3) is 0 Å². The van der Waals surface area contributed by atoms with Crippen molar-refractivity contribution in [2.75, 3.05) is 6.61 Å². The average Bonchev–Trinajstić information content (AvgIpc) is 3.18. The molecule has 0 saturated carbocycles. The van der Waals surface area contributed by atoms with E-state index >= 15 is 0 Å². The van der Waals surface area contributed by atoms with E-state index in [1.54, 1.807) is 0 Å². The number of carbonyl (C=O) groups excluding carboxylic acids is 1. The number of ether oxygens (including phenoxy) is 5. The first-order valence-corrected chi connectivity index (χ1v) is 11.4. The van der Waals surface area contributed by atoms with Crippen molar-refractivity contribution >= 4 is 5.97 Å². The van der Waals surface area contributed by atoms with E-state index in [-0.39, 0.29) is 6.61 Å². The van der Waals surface area contributed by atoms with Crippen LogP contribution in [0.3, 0.4) is 0 Å². The van der Waals surface area contributed by atoms with E-state index in [4.69, 9.17) is 23.7 Å². The average molecular weight is 463 g/mol. The smallest absolute Gasteiger partial charge is 0.305 e. The van der Waals surface area contributed by atoms with Gasteiger partial charge in [-0.25, -0.2) is 0 Å². The van der Waals surface area contributed by atoms with Crippen LogP contribution in [-0.2, 0) is 48.3 Å². The molecule has 0 radical (unpaired) electrons. The summed E-state index contributed by atoms with van der Waals surface area (Å²) in [4.78, 5) is 11.8. The molecule has 0 amide bonds. The van der Waals surface area contributed by atoms with Crippen molar-refractivity contribution in [2.24, 2.45) is 0 Å². The lowest BCUT2D eigenvalue weighted by molar-refractivity contribution is -0.195. The van der Waals surface area contributed by atoms with Crippen LogP contribution in [0.2, 0.25) is 0 Å². The molecule has 178 valence electrons. The molecule has 1 aliphatic rings. The highest BCUT2D eigenvalue weighted by atomic mass is 16.7. The van der Waals surface area contributed by atoms with E-state index < -0.39 is 30.6 Å². The van der Waals surface area contributed by atoms with Gasteiger partial charge in [-0.05, 0) is 16.7 Å². The molecule has 34 heavy (non-hydrogen) atoms. The predicted molar refractivity (Wildman–Crippen MR) is 127 cm³/mol. The van der Waals surface area contributed by atoms with Crippen molar-refractivity contribution in [3.63, 3.8) is 0 Å². The van der Waals surface area contributed by atoms with Crippen LogP contribution in [0.4, 0.5) is 0 Å². The van der Waals surface area contributed by atoms with Gasteiger partial charge in [0.15, 0.2) is 0 Å². The third-order valence-electron chi connectivity index (χ3n) is 5.51. The molecule has 1 fully saturated rings. The summed E-state index contributed by atoms with van der Waals surface area (Å²) in [5, 5.41) is 0. The van der Waals surface area contributed by atoms with Crippen LogP contribution in [-0.4, -0.2) is 37.2 Å². The van der Waals surface area contributed by atoms with Crippen molar-refractivity contribution in [3.8, 4) is 0 Å². The summed E-state index contributed by atoms with van der Waals surface area (Å²) in [5.74, 6) is -0.439. The van der Waals surface area contributed by atoms with Crippen molar-refractivity contribution in [3.05, 3.63) is 108 Å². The first kappa shape index (κ1) is 24.1. The van der Waals surface area contributed by atoms with Crippen LogP contribution in [0.25, 0.3) is 0 Å². The van der Waals surface area contributed by atoms with Crippen molar-refractivity contribution < 1.29 is 28.5 Å². The van der Waals surface area contributed by atoms with Gasteiger partial charge in [0.2, 0.25) is 6.29 Å². The Morgan fingerprint density at radius 1 is 0.706 bits per heavy atom. The monoisotopic (exact) mass is 462 g/mol. The van der Waals surface area contributed by atoms with Gasteiger partial charge in [-0.1, -0.05) is 91.0 Å². The van der Waals surface area contributed by atoms with Crippen LogP contribution in [0.1, 0.15) is 23.6 Å². The summed E-state index contributed by atoms with van der Waals surface area (Å²) in [6.45, 7) is 2.80. The molecule has 0 spiro atoms. The Kier molecular flexibility index (Phi) is 8.82. The molecular formula is C28H30O6. The van der Waals surface area contributed by atoms with Crippen LogP contribution in [0.15, 0.2) is 91.0 Å². The number of hydrogen-bond acceptors (Lipinski definition) is 6. The molecule has 4 rings (SSSR count).